The summed E-state index contributed by atoms with van der Waals surface area (Å²) in [6.07, 6.45) is 1.61. The van der Waals surface area contributed by atoms with E-state index in [1.165, 1.54) is 5.56 Å². The molecule has 0 aromatic heterocycles. The fourth-order valence-corrected chi connectivity index (χ4v) is 2.71. The Hall–Kier alpha value is -2.49. The number of hydrogen-bond donors (Lipinski definition) is 0. The molecule has 0 saturated heterocycles. The summed E-state index contributed by atoms with van der Waals surface area (Å²) >= 11 is 0. The SMILES string of the molecule is [N-]=[N+]=NCCOC1(c2ccccc2)CCc2ccccc2O1. The van der Waals surface area contributed by atoms with E-state index in [1.54, 1.807) is 0 Å². The van der Waals surface area contributed by atoms with Crippen LogP contribution < -0.4 is 4.74 Å². The smallest absolute Gasteiger partial charge is 0.237 e. The number of para-hydroxylation sites is 1. The van der Waals surface area contributed by atoms with Crippen LogP contribution in [0.25, 0.3) is 10.4 Å². The zero-order valence-corrected chi connectivity index (χ0v) is 12.2. The lowest BCUT2D eigenvalue weighted by atomic mass is 9.94. The minimum Gasteiger partial charge on any atom is -0.458 e. The molecular formula is C17H17N3O2. The van der Waals surface area contributed by atoms with Crippen LogP contribution in [0.2, 0.25) is 0 Å². The molecule has 22 heavy (non-hydrogen) atoms. The molecule has 0 spiro atoms. The lowest BCUT2D eigenvalue weighted by molar-refractivity contribution is -0.200. The van der Waals surface area contributed by atoms with Crippen molar-refractivity contribution in [1.29, 1.82) is 0 Å². The number of fused-ring (bicyclic) bond motifs is 1. The molecule has 1 unspecified atom stereocenters. The summed E-state index contributed by atoms with van der Waals surface area (Å²) < 4.78 is 12.3. The average Bonchev–Trinajstić information content (AvgIpc) is 2.59. The van der Waals surface area contributed by atoms with E-state index in [-0.39, 0.29) is 6.54 Å². The van der Waals surface area contributed by atoms with Gasteiger partial charge in [-0.25, -0.2) is 0 Å². The number of ether oxygens (including phenoxy) is 2. The third-order valence-electron chi connectivity index (χ3n) is 3.77. The van der Waals surface area contributed by atoms with Crippen molar-refractivity contribution in [2.75, 3.05) is 13.2 Å². The molecule has 3 rings (SSSR count). The second-order valence-electron chi connectivity index (χ2n) is 5.13. The predicted molar refractivity (Wildman–Crippen MR) is 83.5 cm³/mol. The lowest BCUT2D eigenvalue weighted by Crippen LogP contribution is -2.40. The van der Waals surface area contributed by atoms with Crippen LogP contribution in [-0.2, 0) is 16.9 Å². The van der Waals surface area contributed by atoms with Gasteiger partial charge in [0.2, 0.25) is 5.79 Å². The maximum absolute atomic E-state index is 8.39. The Bertz CT molecular complexity index is 683. The highest BCUT2D eigenvalue weighted by Crippen LogP contribution is 2.40. The minimum absolute atomic E-state index is 0.288. The molecule has 5 heteroatoms. The molecule has 0 N–H and O–H groups in total. The summed E-state index contributed by atoms with van der Waals surface area (Å²) in [5.41, 5.74) is 10.6. The van der Waals surface area contributed by atoms with Gasteiger partial charge in [0.15, 0.2) is 0 Å². The topological polar surface area (TPSA) is 67.2 Å². The number of nitrogens with zero attached hydrogens (tertiary/aromatic N) is 3. The molecule has 5 nitrogen and oxygen atoms in total. The maximum Gasteiger partial charge on any atom is 0.237 e. The molecule has 112 valence electrons. The molecule has 2 aromatic carbocycles. The zero-order chi connectivity index (χ0) is 15.3. The summed E-state index contributed by atoms with van der Waals surface area (Å²) in [4.78, 5) is 2.75. The van der Waals surface area contributed by atoms with Crippen LogP contribution in [0.3, 0.4) is 0 Å². The van der Waals surface area contributed by atoms with Crippen molar-refractivity contribution < 1.29 is 9.47 Å². The van der Waals surface area contributed by atoms with E-state index in [0.717, 1.165) is 24.2 Å². The van der Waals surface area contributed by atoms with Gasteiger partial charge in [-0.15, -0.1) is 0 Å². The van der Waals surface area contributed by atoms with Gasteiger partial charge in [-0.2, -0.15) is 0 Å². The molecule has 0 bridgehead atoms. The van der Waals surface area contributed by atoms with E-state index in [1.807, 2.05) is 48.5 Å². The second-order valence-corrected chi connectivity index (χ2v) is 5.13. The summed E-state index contributed by atoms with van der Waals surface area (Å²) in [6.45, 7) is 0.608. The minimum atomic E-state index is -0.819. The number of aryl methyl sites for hydroxylation is 1. The Morgan fingerprint density at radius 2 is 1.91 bits per heavy atom. The number of hydrogen-bond acceptors (Lipinski definition) is 3. The van der Waals surface area contributed by atoms with Crippen molar-refractivity contribution in [3.05, 3.63) is 76.2 Å². The van der Waals surface area contributed by atoms with Gasteiger partial charge in [0, 0.05) is 23.4 Å². The van der Waals surface area contributed by atoms with Gasteiger partial charge in [-0.05, 0) is 23.6 Å². The first-order valence-corrected chi connectivity index (χ1v) is 7.31. The molecule has 1 aliphatic heterocycles. The highest BCUT2D eigenvalue weighted by Gasteiger charge is 2.39. The number of azide groups is 1. The van der Waals surface area contributed by atoms with E-state index in [4.69, 9.17) is 15.0 Å². The molecular weight excluding hydrogens is 278 g/mol. The van der Waals surface area contributed by atoms with Gasteiger partial charge < -0.3 is 9.47 Å². The Morgan fingerprint density at radius 3 is 2.73 bits per heavy atom. The lowest BCUT2D eigenvalue weighted by Gasteiger charge is -2.38. The Morgan fingerprint density at radius 1 is 1.14 bits per heavy atom. The summed E-state index contributed by atoms with van der Waals surface area (Å²) in [5, 5.41) is 3.53. The molecule has 0 aliphatic carbocycles. The van der Waals surface area contributed by atoms with Gasteiger partial charge in [-0.3, -0.25) is 0 Å². The number of rotatable bonds is 5. The first-order chi connectivity index (χ1) is 10.8. The monoisotopic (exact) mass is 295 g/mol. The van der Waals surface area contributed by atoms with Crippen molar-refractivity contribution in [3.8, 4) is 5.75 Å². The third kappa shape index (κ3) is 2.91. The van der Waals surface area contributed by atoms with Crippen LogP contribution in [0.5, 0.6) is 5.75 Å². The molecule has 0 saturated carbocycles. The molecule has 1 aliphatic rings. The normalized spacial score (nSPS) is 19.6. The zero-order valence-electron chi connectivity index (χ0n) is 12.2. The summed E-state index contributed by atoms with van der Waals surface area (Å²) in [6, 6.07) is 17.9. The molecule has 0 amide bonds. The molecule has 0 radical (unpaired) electrons. The summed E-state index contributed by atoms with van der Waals surface area (Å²) in [5.74, 6) is 0.0296. The van der Waals surface area contributed by atoms with Gasteiger partial charge >= 0.3 is 0 Å². The van der Waals surface area contributed by atoms with Crippen LogP contribution >= 0.6 is 0 Å². The maximum atomic E-state index is 8.39. The molecule has 1 atom stereocenters. The van der Waals surface area contributed by atoms with E-state index < -0.39 is 5.79 Å². The largest absolute Gasteiger partial charge is 0.458 e. The van der Waals surface area contributed by atoms with Crippen LogP contribution in [0.15, 0.2) is 59.7 Å². The van der Waals surface area contributed by atoms with Crippen molar-refractivity contribution in [2.24, 2.45) is 5.11 Å². The van der Waals surface area contributed by atoms with Crippen LogP contribution in [0.4, 0.5) is 0 Å². The van der Waals surface area contributed by atoms with Gasteiger partial charge in [0.25, 0.3) is 0 Å². The predicted octanol–water partition coefficient (Wildman–Crippen LogP) is 4.19. The Labute approximate surface area is 129 Å². The third-order valence-corrected chi connectivity index (χ3v) is 3.77. The van der Waals surface area contributed by atoms with E-state index in [2.05, 4.69) is 16.1 Å². The average molecular weight is 295 g/mol. The first-order valence-electron chi connectivity index (χ1n) is 7.31. The van der Waals surface area contributed by atoms with E-state index >= 15 is 0 Å². The standard InChI is InChI=1S/C17H17N3O2/c18-20-19-12-13-21-17(15-7-2-1-3-8-15)11-10-14-6-4-5-9-16(14)22-17/h1-9H,10-13H2. The van der Waals surface area contributed by atoms with Crippen molar-refractivity contribution >= 4 is 0 Å². The van der Waals surface area contributed by atoms with Gasteiger partial charge in [0.05, 0.1) is 6.61 Å². The van der Waals surface area contributed by atoms with Gasteiger partial charge in [0.1, 0.15) is 5.75 Å². The van der Waals surface area contributed by atoms with E-state index in [0.29, 0.717) is 6.61 Å². The molecule has 0 fully saturated rings. The van der Waals surface area contributed by atoms with Crippen LogP contribution in [-0.4, -0.2) is 13.2 Å². The summed E-state index contributed by atoms with van der Waals surface area (Å²) in [7, 11) is 0. The fraction of sp³-hybridized carbons (Fsp3) is 0.294. The Balaban J connectivity index is 1.89. The highest BCUT2D eigenvalue weighted by atomic mass is 16.7. The van der Waals surface area contributed by atoms with Crippen molar-refractivity contribution in [3.63, 3.8) is 0 Å². The fourth-order valence-electron chi connectivity index (χ4n) is 2.71. The van der Waals surface area contributed by atoms with Crippen LogP contribution in [0, 0.1) is 0 Å². The van der Waals surface area contributed by atoms with Crippen LogP contribution in [0.1, 0.15) is 17.5 Å². The molecule has 1 heterocycles. The number of benzene rings is 2. The quantitative estimate of drug-likeness (QED) is 0.359. The molecule has 2 aromatic rings. The van der Waals surface area contributed by atoms with Crippen molar-refractivity contribution in [2.45, 2.75) is 18.6 Å². The first kappa shape index (κ1) is 14.4. The van der Waals surface area contributed by atoms with E-state index in [9.17, 15) is 0 Å². The van der Waals surface area contributed by atoms with Gasteiger partial charge in [-0.1, -0.05) is 53.6 Å². The highest BCUT2D eigenvalue weighted by molar-refractivity contribution is 5.37. The van der Waals surface area contributed by atoms with Crippen molar-refractivity contribution in [1.82, 2.24) is 0 Å². The Kier molecular flexibility index (Phi) is 4.28. The second kappa shape index (κ2) is 6.52.